The van der Waals surface area contributed by atoms with Crippen LogP contribution >= 0.6 is 0 Å². The maximum atomic E-state index is 13.4. The number of aliphatic carboxylic acids is 1. The van der Waals surface area contributed by atoms with Gasteiger partial charge in [-0.3, -0.25) is 9.59 Å². The van der Waals surface area contributed by atoms with E-state index in [4.69, 9.17) is 14.7 Å². The van der Waals surface area contributed by atoms with Gasteiger partial charge in [0.25, 0.3) is 5.91 Å². The molecule has 1 saturated heterocycles. The van der Waals surface area contributed by atoms with E-state index >= 15 is 0 Å². The van der Waals surface area contributed by atoms with Gasteiger partial charge >= 0.3 is 11.9 Å². The molecule has 1 N–H and O–H groups in total. The number of amides is 1. The second-order valence-corrected chi connectivity index (χ2v) is 9.30. The van der Waals surface area contributed by atoms with E-state index in [0.717, 1.165) is 5.56 Å². The Hall–Kier alpha value is -3.86. The number of hydrogen-bond acceptors (Lipinski definition) is 6. The summed E-state index contributed by atoms with van der Waals surface area (Å²) in [6.45, 7) is 6.95. The van der Waals surface area contributed by atoms with Gasteiger partial charge in [0.15, 0.2) is 0 Å². The molecule has 0 radical (unpaired) electrons. The summed E-state index contributed by atoms with van der Waals surface area (Å²) in [5, 5.41) is 19.1. The van der Waals surface area contributed by atoms with Crippen LogP contribution in [0.2, 0.25) is 0 Å². The van der Waals surface area contributed by atoms with Crippen LogP contribution in [0.4, 0.5) is 0 Å². The number of benzene rings is 2. The molecule has 3 atom stereocenters. The van der Waals surface area contributed by atoms with Crippen LogP contribution in [0.25, 0.3) is 0 Å². The van der Waals surface area contributed by atoms with Gasteiger partial charge in [0, 0.05) is 11.5 Å². The number of hydrogen-bond donors (Lipinski definition) is 1. The Morgan fingerprint density at radius 1 is 1.12 bits per heavy atom. The highest BCUT2D eigenvalue weighted by molar-refractivity contribution is 5.98. The lowest BCUT2D eigenvalue weighted by atomic mass is 9.93. The van der Waals surface area contributed by atoms with Crippen LogP contribution in [0.5, 0.6) is 5.75 Å². The monoisotopic (exact) mass is 464 g/mol. The van der Waals surface area contributed by atoms with E-state index in [0.29, 0.717) is 16.9 Å². The van der Waals surface area contributed by atoms with Gasteiger partial charge < -0.3 is 19.5 Å². The van der Waals surface area contributed by atoms with Gasteiger partial charge in [-0.2, -0.15) is 5.26 Å². The Kier molecular flexibility index (Phi) is 7.26. The number of rotatable bonds is 6. The summed E-state index contributed by atoms with van der Waals surface area (Å²) in [7, 11) is 0. The molecule has 0 spiro atoms. The first-order chi connectivity index (χ1) is 16.0. The zero-order valence-corrected chi connectivity index (χ0v) is 19.6. The van der Waals surface area contributed by atoms with Crippen LogP contribution in [0.1, 0.15) is 48.7 Å². The fourth-order valence-electron chi connectivity index (χ4n) is 4.10. The van der Waals surface area contributed by atoms with Gasteiger partial charge in [0.1, 0.15) is 23.5 Å². The van der Waals surface area contributed by atoms with Crippen molar-refractivity contribution in [1.29, 1.82) is 5.26 Å². The SMILES string of the molecule is Cc1ccccc1C(=O)N1C[C@@H](Oc2ccc(C#N)cc2)[C@H](CC(=O)OC(C)(C)C)[C@H]1C(=O)O. The molecular formula is C26H28N2O6. The Bertz CT molecular complexity index is 1110. The van der Waals surface area contributed by atoms with Gasteiger partial charge in [-0.1, -0.05) is 18.2 Å². The smallest absolute Gasteiger partial charge is 0.326 e. The number of likely N-dealkylation sites (tertiary alicyclic amines) is 1. The first-order valence-electron chi connectivity index (χ1n) is 11.0. The summed E-state index contributed by atoms with van der Waals surface area (Å²) in [5.41, 5.74) is 0.818. The average molecular weight is 465 g/mol. The van der Waals surface area contributed by atoms with E-state index < -0.39 is 41.5 Å². The number of aryl methyl sites for hydroxylation is 1. The lowest BCUT2D eigenvalue weighted by molar-refractivity contribution is -0.157. The van der Waals surface area contributed by atoms with Crippen LogP contribution in [-0.4, -0.2) is 52.1 Å². The van der Waals surface area contributed by atoms with Crippen LogP contribution in [0.3, 0.4) is 0 Å². The standard InChI is InChI=1S/C26H28N2O6/c1-16-7-5-6-8-19(16)24(30)28-15-21(33-18-11-9-17(14-27)10-12-18)20(23(28)25(31)32)13-22(29)34-26(2,3)4/h5-12,20-21,23H,13,15H2,1-4H3,(H,31,32)/t20-,21+,23-/m0/s1. The summed E-state index contributed by atoms with van der Waals surface area (Å²) >= 11 is 0. The first-order valence-corrected chi connectivity index (χ1v) is 11.0. The van der Waals surface area contributed by atoms with E-state index in [1.54, 1.807) is 76.2 Å². The van der Waals surface area contributed by atoms with E-state index in [1.807, 2.05) is 6.07 Å². The molecule has 0 bridgehead atoms. The number of carboxylic acids is 1. The summed E-state index contributed by atoms with van der Waals surface area (Å²) in [5.74, 6) is -2.65. The Balaban J connectivity index is 1.95. The van der Waals surface area contributed by atoms with Crippen molar-refractivity contribution in [3.8, 4) is 11.8 Å². The highest BCUT2D eigenvalue weighted by atomic mass is 16.6. The molecule has 2 aromatic rings. The molecule has 1 aliphatic rings. The minimum atomic E-state index is -1.27. The molecule has 0 saturated carbocycles. The molecule has 1 aliphatic heterocycles. The van der Waals surface area contributed by atoms with Crippen LogP contribution in [0.15, 0.2) is 48.5 Å². The van der Waals surface area contributed by atoms with Gasteiger partial charge in [-0.05, 0) is 63.6 Å². The normalized spacial score (nSPS) is 19.9. The fourth-order valence-corrected chi connectivity index (χ4v) is 4.10. The second-order valence-electron chi connectivity index (χ2n) is 9.30. The first kappa shape index (κ1) is 24.8. The summed E-state index contributed by atoms with van der Waals surface area (Å²) in [6, 6.07) is 14.1. The number of carbonyl (C=O) groups is 3. The lowest BCUT2D eigenvalue weighted by Crippen LogP contribution is -2.44. The second kappa shape index (κ2) is 9.96. The molecule has 178 valence electrons. The molecule has 0 aliphatic carbocycles. The molecule has 0 aromatic heterocycles. The van der Waals surface area contributed by atoms with Gasteiger partial charge in [0.2, 0.25) is 0 Å². The van der Waals surface area contributed by atoms with Gasteiger partial charge in [-0.25, -0.2) is 4.79 Å². The van der Waals surface area contributed by atoms with Crippen molar-refractivity contribution in [1.82, 2.24) is 4.90 Å². The third kappa shape index (κ3) is 5.73. The quantitative estimate of drug-likeness (QED) is 0.650. The maximum Gasteiger partial charge on any atom is 0.326 e. The van der Waals surface area contributed by atoms with E-state index in [2.05, 4.69) is 0 Å². The van der Waals surface area contributed by atoms with E-state index in [-0.39, 0.29) is 13.0 Å². The van der Waals surface area contributed by atoms with Crippen LogP contribution in [-0.2, 0) is 14.3 Å². The highest BCUT2D eigenvalue weighted by Crippen LogP contribution is 2.34. The van der Waals surface area contributed by atoms with Crippen molar-refractivity contribution in [3.63, 3.8) is 0 Å². The predicted octanol–water partition coefficient (Wildman–Crippen LogP) is 3.57. The number of ether oxygens (including phenoxy) is 2. The van der Waals surface area contributed by atoms with Crippen LogP contribution in [0, 0.1) is 24.2 Å². The third-order valence-corrected chi connectivity index (χ3v) is 5.58. The number of carbonyl (C=O) groups excluding carboxylic acids is 2. The Labute approximate surface area is 198 Å². The molecule has 1 fully saturated rings. The summed E-state index contributed by atoms with van der Waals surface area (Å²) in [6.07, 6.45) is -0.998. The highest BCUT2D eigenvalue weighted by Gasteiger charge is 2.50. The predicted molar refractivity (Wildman–Crippen MR) is 123 cm³/mol. The van der Waals surface area contributed by atoms with Crippen molar-refractivity contribution in [2.24, 2.45) is 5.92 Å². The zero-order chi connectivity index (χ0) is 25.0. The molecule has 34 heavy (non-hydrogen) atoms. The third-order valence-electron chi connectivity index (χ3n) is 5.58. The van der Waals surface area contributed by atoms with Gasteiger partial charge in [-0.15, -0.1) is 0 Å². The Morgan fingerprint density at radius 3 is 2.32 bits per heavy atom. The fraction of sp³-hybridized carbons (Fsp3) is 0.385. The summed E-state index contributed by atoms with van der Waals surface area (Å²) < 4.78 is 11.5. The largest absolute Gasteiger partial charge is 0.488 e. The number of esters is 1. The number of nitrogens with zero attached hydrogens (tertiary/aromatic N) is 2. The van der Waals surface area contributed by atoms with Crippen LogP contribution < -0.4 is 4.74 Å². The van der Waals surface area contributed by atoms with Crippen molar-refractivity contribution in [3.05, 3.63) is 65.2 Å². The molecule has 1 amide bonds. The minimum Gasteiger partial charge on any atom is -0.488 e. The molecule has 3 rings (SSSR count). The van der Waals surface area contributed by atoms with Gasteiger partial charge in [0.05, 0.1) is 24.6 Å². The average Bonchev–Trinajstić information content (AvgIpc) is 3.10. The van der Waals surface area contributed by atoms with Crippen molar-refractivity contribution in [2.45, 2.75) is 51.9 Å². The summed E-state index contributed by atoms with van der Waals surface area (Å²) in [4.78, 5) is 39.6. The van der Waals surface area contributed by atoms with Crippen molar-refractivity contribution >= 4 is 17.8 Å². The molecule has 0 unspecified atom stereocenters. The van der Waals surface area contributed by atoms with E-state index in [9.17, 15) is 19.5 Å². The number of carboxylic acid groups (broad SMARTS) is 1. The molecule has 8 nitrogen and oxygen atoms in total. The van der Waals surface area contributed by atoms with Crippen molar-refractivity contribution < 1.29 is 29.0 Å². The Morgan fingerprint density at radius 2 is 1.76 bits per heavy atom. The molecule has 8 heteroatoms. The number of nitriles is 1. The molecular weight excluding hydrogens is 436 g/mol. The molecule has 2 aromatic carbocycles. The lowest BCUT2D eigenvalue weighted by Gasteiger charge is -2.26. The maximum absolute atomic E-state index is 13.4. The minimum absolute atomic E-state index is 0.0163. The topological polar surface area (TPSA) is 117 Å². The zero-order valence-electron chi connectivity index (χ0n) is 19.6. The van der Waals surface area contributed by atoms with Crippen molar-refractivity contribution in [2.75, 3.05) is 6.54 Å². The molecule has 1 heterocycles. The van der Waals surface area contributed by atoms with E-state index in [1.165, 1.54) is 4.90 Å².